The zero-order chi connectivity index (χ0) is 15.4. The molecule has 1 aliphatic heterocycles. The third kappa shape index (κ3) is 3.56. The molecule has 0 saturated carbocycles. The number of hydrogen-bond acceptors (Lipinski definition) is 6. The molecule has 0 saturated heterocycles. The Labute approximate surface area is 120 Å². The molecule has 0 bridgehead atoms. The van der Waals surface area contributed by atoms with Crippen molar-refractivity contribution in [1.82, 2.24) is 10.9 Å². The van der Waals surface area contributed by atoms with Crippen LogP contribution in [0.5, 0.6) is 11.5 Å². The summed E-state index contributed by atoms with van der Waals surface area (Å²) in [6.45, 7) is 1.66. The van der Waals surface area contributed by atoms with Crippen molar-refractivity contribution in [3.63, 3.8) is 0 Å². The first-order chi connectivity index (χ1) is 9.97. The third-order valence-corrected chi connectivity index (χ3v) is 2.96. The number of aromatic hydroxyl groups is 2. The van der Waals surface area contributed by atoms with Crippen LogP contribution in [-0.2, 0) is 9.59 Å². The van der Waals surface area contributed by atoms with Crippen LogP contribution in [0.1, 0.15) is 18.9 Å². The minimum absolute atomic E-state index is 0.0555. The van der Waals surface area contributed by atoms with E-state index in [1.807, 2.05) is 0 Å². The van der Waals surface area contributed by atoms with Crippen LogP contribution in [0.4, 0.5) is 0 Å². The van der Waals surface area contributed by atoms with E-state index >= 15 is 0 Å². The first-order valence-corrected chi connectivity index (χ1v) is 6.15. The summed E-state index contributed by atoms with van der Waals surface area (Å²) in [7, 11) is 0. The fourth-order valence-corrected chi connectivity index (χ4v) is 1.78. The quantitative estimate of drug-likeness (QED) is 0.462. The van der Waals surface area contributed by atoms with Gasteiger partial charge in [0.15, 0.2) is 0 Å². The average Bonchev–Trinajstić information content (AvgIpc) is 2.73. The number of amides is 2. The molecule has 0 spiro atoms. The molecule has 0 unspecified atom stereocenters. The molecule has 0 radical (unpaired) electrons. The van der Waals surface area contributed by atoms with Gasteiger partial charge in [0.2, 0.25) is 11.8 Å². The summed E-state index contributed by atoms with van der Waals surface area (Å²) in [6.07, 6.45) is 1.18. The molecule has 1 aromatic carbocycles. The monoisotopic (exact) mass is 290 g/mol. The summed E-state index contributed by atoms with van der Waals surface area (Å²) in [5.74, 6) is -1.58. The highest BCUT2D eigenvalue weighted by molar-refractivity contribution is 6.09. The lowest BCUT2D eigenvalue weighted by molar-refractivity contribution is -0.127. The number of hydrazone groups is 2. The summed E-state index contributed by atoms with van der Waals surface area (Å²) in [5.41, 5.74) is 5.44. The Bertz CT molecular complexity index is 639. The largest absolute Gasteiger partial charge is 0.508 e. The van der Waals surface area contributed by atoms with Gasteiger partial charge in [0.25, 0.3) is 0 Å². The van der Waals surface area contributed by atoms with Crippen LogP contribution in [0.15, 0.2) is 28.4 Å². The molecule has 8 heteroatoms. The predicted molar refractivity (Wildman–Crippen MR) is 74.9 cm³/mol. The van der Waals surface area contributed by atoms with E-state index in [2.05, 4.69) is 21.1 Å². The van der Waals surface area contributed by atoms with Gasteiger partial charge in [-0.15, -0.1) is 0 Å². The Hall–Kier alpha value is -2.90. The lowest BCUT2D eigenvalue weighted by Gasteiger charge is -2.05. The number of phenols is 2. The topological polar surface area (TPSA) is 123 Å². The Kier molecular flexibility index (Phi) is 4.17. The highest BCUT2D eigenvalue weighted by Gasteiger charge is 2.28. The maximum Gasteiger partial charge on any atom is 0.249 e. The maximum absolute atomic E-state index is 11.7. The molecule has 2 amide bonds. The number of benzene rings is 1. The van der Waals surface area contributed by atoms with Crippen LogP contribution >= 0.6 is 0 Å². The number of phenolic OH excluding ortho intramolecular Hbond substituents is 2. The van der Waals surface area contributed by atoms with E-state index in [9.17, 15) is 14.7 Å². The van der Waals surface area contributed by atoms with Gasteiger partial charge in [0.1, 0.15) is 11.5 Å². The molecule has 1 heterocycles. The van der Waals surface area contributed by atoms with Crippen LogP contribution in [-0.4, -0.2) is 34.0 Å². The van der Waals surface area contributed by atoms with E-state index in [-0.39, 0.29) is 23.8 Å². The van der Waals surface area contributed by atoms with Gasteiger partial charge in [-0.3, -0.25) is 9.59 Å². The Balaban J connectivity index is 1.90. The van der Waals surface area contributed by atoms with Crippen molar-refractivity contribution in [2.75, 3.05) is 0 Å². The van der Waals surface area contributed by atoms with Gasteiger partial charge in [-0.2, -0.15) is 10.2 Å². The van der Waals surface area contributed by atoms with E-state index in [0.717, 1.165) is 6.07 Å². The number of nitrogens with one attached hydrogen (secondary N) is 2. The summed E-state index contributed by atoms with van der Waals surface area (Å²) in [6, 6.07) is 3.99. The molecule has 21 heavy (non-hydrogen) atoms. The minimum Gasteiger partial charge on any atom is -0.508 e. The molecule has 1 aromatic rings. The molecule has 8 nitrogen and oxygen atoms in total. The minimum atomic E-state index is -0.581. The normalized spacial score (nSPS) is 17.7. The highest BCUT2D eigenvalue weighted by Crippen LogP contribution is 2.20. The standard InChI is InChI=1S/C13H14N4O4/c1-7-10(13(21)17-15-7)5-12(20)16-14-6-8-2-3-9(18)4-11(8)19/h2-4,6,10,18-19H,5H2,1H3,(H,16,20)(H,17,21)/b14-6-/t10-/m1/s1. The van der Waals surface area contributed by atoms with Crippen molar-refractivity contribution in [2.45, 2.75) is 13.3 Å². The number of carbonyl (C=O) groups is 2. The molecule has 0 fully saturated rings. The molecule has 4 N–H and O–H groups in total. The van der Waals surface area contributed by atoms with Crippen LogP contribution < -0.4 is 10.9 Å². The van der Waals surface area contributed by atoms with Crippen molar-refractivity contribution >= 4 is 23.7 Å². The molecular weight excluding hydrogens is 276 g/mol. The Morgan fingerprint density at radius 3 is 2.90 bits per heavy atom. The van der Waals surface area contributed by atoms with Crippen molar-refractivity contribution in [3.05, 3.63) is 23.8 Å². The fraction of sp³-hybridized carbons (Fsp3) is 0.231. The number of rotatable bonds is 4. The van der Waals surface area contributed by atoms with E-state index in [1.165, 1.54) is 18.3 Å². The first kappa shape index (κ1) is 14.5. The van der Waals surface area contributed by atoms with Crippen molar-refractivity contribution < 1.29 is 19.8 Å². The zero-order valence-corrected chi connectivity index (χ0v) is 11.2. The highest BCUT2D eigenvalue weighted by atomic mass is 16.3. The van der Waals surface area contributed by atoms with Crippen LogP contribution in [0.25, 0.3) is 0 Å². The van der Waals surface area contributed by atoms with Gasteiger partial charge in [-0.25, -0.2) is 10.9 Å². The van der Waals surface area contributed by atoms with Gasteiger partial charge in [-0.05, 0) is 19.1 Å². The second-order valence-corrected chi connectivity index (χ2v) is 4.52. The smallest absolute Gasteiger partial charge is 0.249 e. The molecular formula is C13H14N4O4. The second-order valence-electron chi connectivity index (χ2n) is 4.52. The van der Waals surface area contributed by atoms with E-state index in [4.69, 9.17) is 5.11 Å². The molecule has 110 valence electrons. The van der Waals surface area contributed by atoms with Crippen molar-refractivity contribution in [1.29, 1.82) is 0 Å². The van der Waals surface area contributed by atoms with Gasteiger partial charge in [0.05, 0.1) is 12.1 Å². The van der Waals surface area contributed by atoms with Crippen molar-refractivity contribution in [3.8, 4) is 11.5 Å². The van der Waals surface area contributed by atoms with E-state index in [0.29, 0.717) is 11.3 Å². The number of nitrogens with zero attached hydrogens (tertiary/aromatic N) is 2. The summed E-state index contributed by atoms with van der Waals surface area (Å²) >= 11 is 0. The summed E-state index contributed by atoms with van der Waals surface area (Å²) in [5, 5.41) is 26.1. The average molecular weight is 290 g/mol. The third-order valence-electron chi connectivity index (χ3n) is 2.96. The number of carbonyl (C=O) groups excluding carboxylic acids is 2. The molecule has 1 aliphatic rings. The van der Waals surface area contributed by atoms with Crippen LogP contribution in [0.2, 0.25) is 0 Å². The van der Waals surface area contributed by atoms with Gasteiger partial charge >= 0.3 is 0 Å². The van der Waals surface area contributed by atoms with E-state index in [1.54, 1.807) is 6.92 Å². The van der Waals surface area contributed by atoms with Gasteiger partial charge < -0.3 is 10.2 Å². The molecule has 0 aromatic heterocycles. The lowest BCUT2D eigenvalue weighted by Crippen LogP contribution is -2.29. The van der Waals surface area contributed by atoms with E-state index < -0.39 is 11.8 Å². The Morgan fingerprint density at radius 2 is 2.29 bits per heavy atom. The molecule has 0 aliphatic carbocycles. The number of hydrogen-bond donors (Lipinski definition) is 4. The fourth-order valence-electron chi connectivity index (χ4n) is 1.78. The van der Waals surface area contributed by atoms with Crippen LogP contribution in [0.3, 0.4) is 0 Å². The van der Waals surface area contributed by atoms with Gasteiger partial charge in [-0.1, -0.05) is 0 Å². The molecule has 2 rings (SSSR count). The van der Waals surface area contributed by atoms with Crippen molar-refractivity contribution in [2.24, 2.45) is 16.1 Å². The Morgan fingerprint density at radius 1 is 1.52 bits per heavy atom. The van der Waals surface area contributed by atoms with Crippen LogP contribution in [0, 0.1) is 5.92 Å². The lowest BCUT2D eigenvalue weighted by atomic mass is 10.0. The molecule has 1 atom stereocenters. The van der Waals surface area contributed by atoms with Gasteiger partial charge in [0, 0.05) is 23.8 Å². The zero-order valence-electron chi connectivity index (χ0n) is 11.2. The maximum atomic E-state index is 11.7. The summed E-state index contributed by atoms with van der Waals surface area (Å²) < 4.78 is 0. The predicted octanol–water partition coefficient (Wildman–Crippen LogP) is 0.0599. The summed E-state index contributed by atoms with van der Waals surface area (Å²) in [4.78, 5) is 23.0. The first-order valence-electron chi connectivity index (χ1n) is 6.15. The SMILES string of the molecule is CC1=NNC(=O)[C@@H]1CC(=O)N/N=C\c1ccc(O)cc1O. The second kappa shape index (κ2) is 6.04.